The van der Waals surface area contributed by atoms with E-state index in [9.17, 15) is 18.4 Å². The number of carbonyl (C=O) groups is 2. The van der Waals surface area contributed by atoms with E-state index < -0.39 is 17.8 Å². The highest BCUT2D eigenvalue weighted by Crippen LogP contribution is 2.34. The summed E-state index contributed by atoms with van der Waals surface area (Å²) in [5.74, 6) is 0.114. The molecule has 0 bridgehead atoms. The average molecular weight is 562 g/mol. The number of alkyl halides is 2. The molecule has 0 spiro atoms. The maximum atomic E-state index is 13.6. The predicted molar refractivity (Wildman–Crippen MR) is 153 cm³/mol. The second kappa shape index (κ2) is 11.4. The lowest BCUT2D eigenvalue weighted by molar-refractivity contribution is -0.113. The summed E-state index contributed by atoms with van der Waals surface area (Å²) in [4.78, 5) is 36.4. The number of para-hydroxylation sites is 1. The van der Waals surface area contributed by atoms with E-state index in [2.05, 4.69) is 14.7 Å². The molecule has 0 saturated carbocycles. The van der Waals surface area contributed by atoms with Crippen LogP contribution in [0.4, 0.5) is 14.5 Å². The molecule has 3 aromatic carbocycles. The number of amides is 1. The fraction of sp³-hybridized carbons (Fsp3) is 0.167. The molecule has 0 fully saturated rings. The van der Waals surface area contributed by atoms with Gasteiger partial charge in [-0.1, -0.05) is 42.1 Å². The van der Waals surface area contributed by atoms with Crippen LogP contribution in [-0.2, 0) is 4.79 Å². The number of amidine groups is 1. The zero-order valence-electron chi connectivity index (χ0n) is 21.9. The summed E-state index contributed by atoms with van der Waals surface area (Å²) in [6.07, 6.45) is 1.65. The van der Waals surface area contributed by atoms with Crippen molar-refractivity contribution in [3.63, 3.8) is 0 Å². The molecule has 1 aromatic heterocycles. The van der Waals surface area contributed by atoms with Crippen molar-refractivity contribution in [2.75, 3.05) is 12.0 Å². The van der Waals surface area contributed by atoms with Gasteiger partial charge < -0.3 is 14.5 Å². The second-order valence-electron chi connectivity index (χ2n) is 9.00. The van der Waals surface area contributed by atoms with Gasteiger partial charge in [-0.15, -0.1) is 0 Å². The number of thioether (sulfide) groups is 1. The molecule has 0 radical (unpaired) electrons. The van der Waals surface area contributed by atoms with Crippen molar-refractivity contribution in [1.82, 2.24) is 4.98 Å². The summed E-state index contributed by atoms with van der Waals surface area (Å²) < 4.78 is 35.0. The van der Waals surface area contributed by atoms with Crippen LogP contribution in [0.15, 0.2) is 83.5 Å². The first-order chi connectivity index (χ1) is 19.2. The maximum Gasteiger partial charge on any atom is 0.387 e. The number of ketones is 1. The Kier molecular flexibility index (Phi) is 7.70. The number of aromatic nitrogens is 1. The predicted octanol–water partition coefficient (Wildman–Crippen LogP) is 6.83. The minimum absolute atomic E-state index is 0.0381. The molecule has 5 rings (SSSR count). The van der Waals surface area contributed by atoms with Crippen molar-refractivity contribution >= 4 is 51.3 Å². The van der Waals surface area contributed by atoms with Crippen molar-refractivity contribution in [2.24, 2.45) is 4.99 Å². The van der Waals surface area contributed by atoms with Crippen LogP contribution in [0.5, 0.6) is 11.5 Å². The number of H-pyrrole nitrogens is 1. The number of anilines is 1. The smallest absolute Gasteiger partial charge is 0.387 e. The zero-order valence-corrected chi connectivity index (χ0v) is 22.7. The first kappa shape index (κ1) is 27.1. The van der Waals surface area contributed by atoms with Crippen LogP contribution < -0.4 is 14.4 Å². The molecule has 4 aromatic rings. The molecule has 1 amide bonds. The monoisotopic (exact) mass is 561 g/mol. The third-order valence-corrected chi connectivity index (χ3v) is 7.41. The summed E-state index contributed by atoms with van der Waals surface area (Å²) in [6.45, 7) is 0.655. The highest BCUT2D eigenvalue weighted by Gasteiger charge is 2.35. The maximum absolute atomic E-state index is 13.6. The molecule has 7 nitrogen and oxygen atoms in total. The number of nitrogens with zero attached hydrogens (tertiary/aromatic N) is 2. The minimum Gasteiger partial charge on any atom is -0.497 e. The Labute approximate surface area is 233 Å². The fourth-order valence-corrected chi connectivity index (χ4v) is 5.43. The molecule has 0 aliphatic carbocycles. The van der Waals surface area contributed by atoms with Crippen LogP contribution in [0.2, 0.25) is 0 Å². The third kappa shape index (κ3) is 5.48. The van der Waals surface area contributed by atoms with Crippen molar-refractivity contribution in [2.45, 2.75) is 25.7 Å². The number of nitrogens with one attached hydrogen (secondary N) is 1. The van der Waals surface area contributed by atoms with E-state index >= 15 is 0 Å². The second-order valence-corrected chi connectivity index (χ2v) is 10.3. The van der Waals surface area contributed by atoms with Gasteiger partial charge in [0.15, 0.2) is 11.0 Å². The number of fused-ring (bicyclic) bond motifs is 1. The molecule has 1 atom stereocenters. The van der Waals surface area contributed by atoms with Crippen LogP contribution >= 0.6 is 11.8 Å². The molecule has 10 heteroatoms. The van der Waals surface area contributed by atoms with E-state index in [0.29, 0.717) is 22.2 Å². The van der Waals surface area contributed by atoms with Gasteiger partial charge in [-0.2, -0.15) is 8.78 Å². The van der Waals surface area contributed by atoms with Crippen LogP contribution in [-0.4, -0.2) is 40.8 Å². The number of hydrogen-bond donors (Lipinski definition) is 1. The molecular formula is C30H25F2N3O4S. The lowest BCUT2D eigenvalue weighted by Gasteiger charge is -2.20. The molecule has 1 unspecified atom stereocenters. The highest BCUT2D eigenvalue weighted by molar-refractivity contribution is 8.15. The Morgan fingerprint density at radius 3 is 2.38 bits per heavy atom. The van der Waals surface area contributed by atoms with Gasteiger partial charge in [-0.3, -0.25) is 14.5 Å². The van der Waals surface area contributed by atoms with Gasteiger partial charge in [0.05, 0.1) is 18.0 Å². The van der Waals surface area contributed by atoms with Gasteiger partial charge in [-0.05, 0) is 68.0 Å². The van der Waals surface area contributed by atoms with Gasteiger partial charge >= 0.3 is 6.61 Å². The van der Waals surface area contributed by atoms with Gasteiger partial charge in [-0.25, -0.2) is 4.99 Å². The van der Waals surface area contributed by atoms with E-state index in [-0.39, 0.29) is 17.2 Å². The van der Waals surface area contributed by atoms with Crippen molar-refractivity contribution in [3.05, 3.63) is 95.3 Å². The molecule has 1 N–H and O–H groups in total. The number of halogens is 2. The Balaban J connectivity index is 1.48. The number of hydrogen-bond acceptors (Lipinski definition) is 6. The summed E-state index contributed by atoms with van der Waals surface area (Å²) in [5, 5.41) is 0.535. The molecule has 0 saturated heterocycles. The minimum atomic E-state index is -2.97. The number of aliphatic imine (C=N–C) groups is 1. The summed E-state index contributed by atoms with van der Waals surface area (Å²) in [6, 6.07) is 20.4. The Morgan fingerprint density at radius 1 is 1.02 bits per heavy atom. The normalized spacial score (nSPS) is 15.2. The number of carbonyl (C=O) groups excluding carboxylic acids is 2. The van der Waals surface area contributed by atoms with Gasteiger partial charge in [0.1, 0.15) is 17.2 Å². The summed E-state index contributed by atoms with van der Waals surface area (Å²) >= 11 is 1.15. The van der Waals surface area contributed by atoms with E-state index in [1.54, 1.807) is 44.4 Å². The average Bonchev–Trinajstić information content (AvgIpc) is 3.43. The van der Waals surface area contributed by atoms with Gasteiger partial charge in [0, 0.05) is 22.2 Å². The molecule has 1 aliphatic rings. The van der Waals surface area contributed by atoms with Gasteiger partial charge in [0.25, 0.3) is 5.91 Å². The number of methoxy groups -OCH3 is 1. The number of Topliss-reactive ketones (excluding diaryl/α,β-unsaturated/α-hetero) is 1. The molecular weight excluding hydrogens is 536 g/mol. The Morgan fingerprint density at radius 2 is 1.70 bits per heavy atom. The first-order valence-corrected chi connectivity index (χ1v) is 13.2. The lowest BCUT2D eigenvalue weighted by atomic mass is 10.1. The van der Waals surface area contributed by atoms with Crippen LogP contribution in [0.25, 0.3) is 17.0 Å². The van der Waals surface area contributed by atoms with Crippen LogP contribution in [0, 0.1) is 6.92 Å². The van der Waals surface area contributed by atoms with E-state index in [1.165, 1.54) is 29.2 Å². The number of ether oxygens (including phenoxy) is 2. The topological polar surface area (TPSA) is 84.0 Å². The number of benzene rings is 3. The Hall–Kier alpha value is -4.44. The van der Waals surface area contributed by atoms with Crippen molar-refractivity contribution < 1.29 is 27.8 Å². The first-order valence-electron chi connectivity index (χ1n) is 12.4. The number of rotatable bonds is 8. The molecule has 204 valence electrons. The number of aromatic amines is 1. The SMILES string of the molecule is COc1ccc(C=C2N=C(SC(C)C(=O)c3c(C)[nH]c4ccccc34)N(c3ccc(OC(F)F)cc3)C2=O)cc1. The van der Waals surface area contributed by atoms with Crippen molar-refractivity contribution in [1.29, 1.82) is 0 Å². The lowest BCUT2D eigenvalue weighted by Crippen LogP contribution is -2.32. The standard InChI is InChI=1S/C30H25F2N3O4S/c1-17-26(23-6-4-5-7-24(23)33-17)27(36)18(2)40-30-34-25(16-19-8-12-21(38-3)13-9-19)28(37)35(30)20-10-14-22(15-11-20)39-29(31)32/h4-16,18,29,33H,1-3H3. The molecule has 2 heterocycles. The highest BCUT2D eigenvalue weighted by atomic mass is 32.2. The van der Waals surface area contributed by atoms with Gasteiger partial charge in [0.2, 0.25) is 0 Å². The van der Waals surface area contributed by atoms with E-state index in [1.807, 2.05) is 31.2 Å². The zero-order chi connectivity index (χ0) is 28.4. The quantitative estimate of drug-likeness (QED) is 0.188. The molecule has 40 heavy (non-hydrogen) atoms. The van der Waals surface area contributed by atoms with E-state index in [4.69, 9.17) is 4.74 Å². The van der Waals surface area contributed by atoms with Crippen LogP contribution in [0.1, 0.15) is 28.5 Å². The van der Waals surface area contributed by atoms with Crippen LogP contribution in [0.3, 0.4) is 0 Å². The summed E-state index contributed by atoms with van der Waals surface area (Å²) in [7, 11) is 1.57. The van der Waals surface area contributed by atoms with Crippen molar-refractivity contribution in [3.8, 4) is 11.5 Å². The summed E-state index contributed by atoms with van der Waals surface area (Å²) in [5.41, 5.74) is 3.52. The van der Waals surface area contributed by atoms with E-state index in [0.717, 1.165) is 33.9 Å². The molecule has 1 aliphatic heterocycles. The fourth-order valence-electron chi connectivity index (χ4n) is 4.45. The largest absolute Gasteiger partial charge is 0.497 e. The number of aryl methyl sites for hydroxylation is 1. The third-order valence-electron chi connectivity index (χ3n) is 6.36. The Bertz CT molecular complexity index is 1630.